The van der Waals surface area contributed by atoms with Crippen molar-refractivity contribution in [2.45, 2.75) is 25.4 Å². The van der Waals surface area contributed by atoms with Crippen molar-refractivity contribution in [3.63, 3.8) is 0 Å². The molecule has 3 heteroatoms. The molecule has 0 saturated carbocycles. The molecule has 2 atom stereocenters. The SMILES string of the molecule is OC1CCOCC1C1CCOCC1. The van der Waals surface area contributed by atoms with E-state index in [0.717, 1.165) is 45.7 Å². The van der Waals surface area contributed by atoms with Crippen molar-refractivity contribution >= 4 is 0 Å². The van der Waals surface area contributed by atoms with E-state index in [2.05, 4.69) is 0 Å². The molecule has 0 amide bonds. The molecular formula is C10H18O3. The van der Waals surface area contributed by atoms with Crippen LogP contribution in [0.4, 0.5) is 0 Å². The summed E-state index contributed by atoms with van der Waals surface area (Å²) < 4.78 is 10.7. The maximum atomic E-state index is 9.80. The van der Waals surface area contributed by atoms with Gasteiger partial charge in [0.15, 0.2) is 0 Å². The van der Waals surface area contributed by atoms with E-state index >= 15 is 0 Å². The zero-order valence-corrected chi connectivity index (χ0v) is 7.95. The molecule has 0 aliphatic carbocycles. The van der Waals surface area contributed by atoms with Crippen LogP contribution >= 0.6 is 0 Å². The Morgan fingerprint density at radius 3 is 2.31 bits per heavy atom. The highest BCUT2D eigenvalue weighted by molar-refractivity contribution is 4.80. The van der Waals surface area contributed by atoms with Crippen molar-refractivity contribution in [1.29, 1.82) is 0 Å². The second-order valence-electron chi connectivity index (χ2n) is 4.04. The molecule has 2 aliphatic heterocycles. The fourth-order valence-electron chi connectivity index (χ4n) is 2.34. The third kappa shape index (κ3) is 2.22. The Morgan fingerprint density at radius 1 is 0.923 bits per heavy atom. The predicted octanol–water partition coefficient (Wildman–Crippen LogP) is 0.810. The van der Waals surface area contributed by atoms with Crippen LogP contribution in [0.15, 0.2) is 0 Å². The van der Waals surface area contributed by atoms with Gasteiger partial charge in [-0.3, -0.25) is 0 Å². The minimum Gasteiger partial charge on any atom is -0.393 e. The van der Waals surface area contributed by atoms with E-state index in [1.165, 1.54) is 0 Å². The molecule has 2 fully saturated rings. The fourth-order valence-corrected chi connectivity index (χ4v) is 2.34. The van der Waals surface area contributed by atoms with Crippen molar-refractivity contribution in [3.8, 4) is 0 Å². The number of hydrogen-bond acceptors (Lipinski definition) is 3. The molecule has 0 aromatic carbocycles. The van der Waals surface area contributed by atoms with Crippen LogP contribution in [0.2, 0.25) is 0 Å². The van der Waals surface area contributed by atoms with Gasteiger partial charge in [0.2, 0.25) is 0 Å². The van der Waals surface area contributed by atoms with Crippen LogP contribution in [-0.4, -0.2) is 37.6 Å². The lowest BCUT2D eigenvalue weighted by molar-refractivity contribution is -0.0771. The van der Waals surface area contributed by atoms with Crippen molar-refractivity contribution in [2.75, 3.05) is 26.4 Å². The van der Waals surface area contributed by atoms with Crippen molar-refractivity contribution in [1.82, 2.24) is 0 Å². The molecule has 76 valence electrons. The minimum absolute atomic E-state index is 0.142. The quantitative estimate of drug-likeness (QED) is 0.658. The molecule has 2 rings (SSSR count). The van der Waals surface area contributed by atoms with Crippen LogP contribution in [0.5, 0.6) is 0 Å². The van der Waals surface area contributed by atoms with E-state index in [4.69, 9.17) is 9.47 Å². The van der Waals surface area contributed by atoms with Gasteiger partial charge in [-0.25, -0.2) is 0 Å². The van der Waals surface area contributed by atoms with E-state index in [-0.39, 0.29) is 6.10 Å². The van der Waals surface area contributed by atoms with Crippen LogP contribution in [0, 0.1) is 11.8 Å². The molecular weight excluding hydrogens is 168 g/mol. The van der Waals surface area contributed by atoms with Gasteiger partial charge in [-0.15, -0.1) is 0 Å². The Labute approximate surface area is 79.0 Å². The first-order chi connectivity index (χ1) is 6.38. The Hall–Kier alpha value is -0.120. The summed E-state index contributed by atoms with van der Waals surface area (Å²) in [7, 11) is 0. The van der Waals surface area contributed by atoms with Crippen LogP contribution < -0.4 is 0 Å². The molecule has 1 N–H and O–H groups in total. The number of aliphatic hydroxyl groups is 1. The molecule has 0 radical (unpaired) electrons. The van der Waals surface area contributed by atoms with E-state index in [0.29, 0.717) is 11.8 Å². The predicted molar refractivity (Wildman–Crippen MR) is 48.5 cm³/mol. The zero-order valence-electron chi connectivity index (χ0n) is 7.95. The van der Waals surface area contributed by atoms with Crippen LogP contribution in [0.1, 0.15) is 19.3 Å². The lowest BCUT2D eigenvalue weighted by atomic mass is 9.81. The number of ether oxygens (including phenoxy) is 2. The van der Waals surface area contributed by atoms with Gasteiger partial charge in [0, 0.05) is 25.7 Å². The Bertz CT molecular complexity index is 154. The average Bonchev–Trinajstić information content (AvgIpc) is 2.20. The summed E-state index contributed by atoms with van der Waals surface area (Å²) in [6.07, 6.45) is 2.84. The summed E-state index contributed by atoms with van der Waals surface area (Å²) in [6, 6.07) is 0. The first-order valence-corrected chi connectivity index (χ1v) is 5.21. The topological polar surface area (TPSA) is 38.7 Å². The lowest BCUT2D eigenvalue weighted by Gasteiger charge is -2.36. The highest BCUT2D eigenvalue weighted by atomic mass is 16.5. The molecule has 0 aromatic heterocycles. The highest BCUT2D eigenvalue weighted by Gasteiger charge is 2.32. The average molecular weight is 186 g/mol. The van der Waals surface area contributed by atoms with Gasteiger partial charge in [-0.05, 0) is 25.2 Å². The van der Waals surface area contributed by atoms with Crippen LogP contribution in [0.25, 0.3) is 0 Å². The fraction of sp³-hybridized carbons (Fsp3) is 1.00. The molecule has 0 bridgehead atoms. The third-order valence-electron chi connectivity index (χ3n) is 3.23. The molecule has 0 spiro atoms. The maximum absolute atomic E-state index is 9.80. The molecule has 2 heterocycles. The summed E-state index contributed by atoms with van der Waals surface area (Å²) in [5.74, 6) is 0.974. The van der Waals surface area contributed by atoms with Crippen LogP contribution in [0.3, 0.4) is 0 Å². The first kappa shape index (κ1) is 9.44. The standard InChI is InChI=1S/C10H18O3/c11-10-3-6-13-7-9(10)8-1-4-12-5-2-8/h8-11H,1-7H2. The monoisotopic (exact) mass is 186 g/mol. The minimum atomic E-state index is -0.142. The molecule has 3 nitrogen and oxygen atoms in total. The summed E-state index contributed by atoms with van der Waals surface area (Å²) in [5.41, 5.74) is 0. The Kier molecular flexibility index (Phi) is 3.19. The van der Waals surface area contributed by atoms with Gasteiger partial charge in [-0.1, -0.05) is 0 Å². The molecule has 0 aromatic rings. The van der Waals surface area contributed by atoms with Crippen LogP contribution in [-0.2, 0) is 9.47 Å². The summed E-state index contributed by atoms with van der Waals surface area (Å²) in [5, 5.41) is 9.80. The van der Waals surface area contributed by atoms with Gasteiger partial charge >= 0.3 is 0 Å². The number of rotatable bonds is 1. The van der Waals surface area contributed by atoms with Gasteiger partial charge in [-0.2, -0.15) is 0 Å². The summed E-state index contributed by atoms with van der Waals surface area (Å²) >= 11 is 0. The van der Waals surface area contributed by atoms with Gasteiger partial charge in [0.05, 0.1) is 12.7 Å². The molecule has 2 unspecified atom stereocenters. The maximum Gasteiger partial charge on any atom is 0.0615 e. The molecule has 13 heavy (non-hydrogen) atoms. The van der Waals surface area contributed by atoms with Gasteiger partial charge in [0.25, 0.3) is 0 Å². The van der Waals surface area contributed by atoms with Crippen molar-refractivity contribution in [2.24, 2.45) is 11.8 Å². The second-order valence-corrected chi connectivity index (χ2v) is 4.04. The van der Waals surface area contributed by atoms with E-state index in [1.54, 1.807) is 0 Å². The van der Waals surface area contributed by atoms with Gasteiger partial charge in [0.1, 0.15) is 0 Å². The molecule has 2 saturated heterocycles. The van der Waals surface area contributed by atoms with Gasteiger partial charge < -0.3 is 14.6 Å². The first-order valence-electron chi connectivity index (χ1n) is 5.21. The summed E-state index contributed by atoms with van der Waals surface area (Å²) in [4.78, 5) is 0. The van der Waals surface area contributed by atoms with E-state index in [1.807, 2.05) is 0 Å². The third-order valence-corrected chi connectivity index (χ3v) is 3.23. The van der Waals surface area contributed by atoms with E-state index in [9.17, 15) is 5.11 Å². The number of aliphatic hydroxyl groups excluding tert-OH is 1. The summed E-state index contributed by atoms with van der Waals surface area (Å²) in [6.45, 7) is 3.18. The molecule has 2 aliphatic rings. The smallest absolute Gasteiger partial charge is 0.0615 e. The largest absolute Gasteiger partial charge is 0.393 e. The zero-order chi connectivity index (χ0) is 9.10. The Morgan fingerprint density at radius 2 is 1.62 bits per heavy atom. The Balaban J connectivity index is 1.88. The second kappa shape index (κ2) is 4.40. The highest BCUT2D eigenvalue weighted by Crippen LogP contribution is 2.29. The van der Waals surface area contributed by atoms with Crippen molar-refractivity contribution < 1.29 is 14.6 Å². The lowest BCUT2D eigenvalue weighted by Crippen LogP contribution is -2.39. The normalized spacial score (nSPS) is 37.6. The van der Waals surface area contributed by atoms with E-state index < -0.39 is 0 Å². The van der Waals surface area contributed by atoms with Crippen molar-refractivity contribution in [3.05, 3.63) is 0 Å². The number of hydrogen-bond donors (Lipinski definition) is 1.